The van der Waals surface area contributed by atoms with Crippen molar-refractivity contribution in [1.29, 1.82) is 5.26 Å². The Labute approximate surface area is 98.4 Å². The van der Waals surface area contributed by atoms with Crippen LogP contribution in [-0.2, 0) is 0 Å². The summed E-state index contributed by atoms with van der Waals surface area (Å²) in [6, 6.07) is 7.47. The van der Waals surface area contributed by atoms with Gasteiger partial charge < -0.3 is 4.42 Å². The average Bonchev–Trinajstić information content (AvgIpc) is 2.77. The van der Waals surface area contributed by atoms with Crippen molar-refractivity contribution >= 4 is 12.0 Å². The number of aryl methyl sites for hydroxylation is 1. The molecule has 1 N–H and O–H groups in total. The first-order valence-corrected chi connectivity index (χ1v) is 4.99. The summed E-state index contributed by atoms with van der Waals surface area (Å²) >= 11 is 0. The van der Waals surface area contributed by atoms with Crippen molar-refractivity contribution in [3.05, 3.63) is 36.4 Å². The summed E-state index contributed by atoms with van der Waals surface area (Å²) in [4.78, 5) is 8.11. The molecule has 2 rings (SSSR count). The summed E-state index contributed by atoms with van der Waals surface area (Å²) in [6.45, 7) is 1.79. The molecule has 0 radical (unpaired) electrons. The van der Waals surface area contributed by atoms with Gasteiger partial charge in [0.1, 0.15) is 6.34 Å². The van der Waals surface area contributed by atoms with E-state index in [-0.39, 0.29) is 0 Å². The second-order valence-electron chi connectivity index (χ2n) is 3.31. The van der Waals surface area contributed by atoms with Crippen LogP contribution in [0.1, 0.15) is 5.89 Å². The van der Waals surface area contributed by atoms with E-state index in [0.29, 0.717) is 11.7 Å². The summed E-state index contributed by atoms with van der Waals surface area (Å²) in [5.74, 6) is 1.33. The van der Waals surface area contributed by atoms with Crippen LogP contribution in [0.4, 0.5) is 5.69 Å². The number of hydrogen-bond acceptors (Lipinski definition) is 4. The lowest BCUT2D eigenvalue weighted by Gasteiger charge is -1.97. The summed E-state index contributed by atoms with van der Waals surface area (Å²) in [5.41, 5.74) is 1.64. The Morgan fingerprint density at radius 3 is 3.12 bits per heavy atom. The van der Waals surface area contributed by atoms with Crippen LogP contribution >= 0.6 is 0 Å². The zero-order valence-corrected chi connectivity index (χ0v) is 9.21. The van der Waals surface area contributed by atoms with Gasteiger partial charge in [-0.3, -0.25) is 5.32 Å². The molecule has 0 aliphatic rings. The van der Waals surface area contributed by atoms with Crippen LogP contribution in [0.2, 0.25) is 0 Å². The minimum absolute atomic E-state index is 0.625. The van der Waals surface area contributed by atoms with Gasteiger partial charge in [-0.05, 0) is 12.1 Å². The maximum absolute atomic E-state index is 8.30. The standard InChI is InChI=1S/C12H10N4O/c1-9-15-6-12(17-9)10-3-2-4-11(5-10)16-8-14-7-13/h2-6,8H,1H3,(H,14,16). The Morgan fingerprint density at radius 1 is 1.53 bits per heavy atom. The number of rotatable bonds is 3. The molecule has 0 atom stereocenters. The fourth-order valence-electron chi connectivity index (χ4n) is 1.37. The molecule has 0 amide bonds. The lowest BCUT2D eigenvalue weighted by atomic mass is 10.2. The Balaban J connectivity index is 2.26. The first-order chi connectivity index (χ1) is 8.29. The van der Waals surface area contributed by atoms with Crippen molar-refractivity contribution in [3.63, 3.8) is 0 Å². The van der Waals surface area contributed by atoms with Crippen molar-refractivity contribution in [2.45, 2.75) is 6.92 Å². The molecule has 1 aromatic heterocycles. The third kappa shape index (κ3) is 2.69. The number of benzene rings is 1. The van der Waals surface area contributed by atoms with Crippen molar-refractivity contribution in [2.75, 3.05) is 0 Å². The van der Waals surface area contributed by atoms with Gasteiger partial charge in [0, 0.05) is 12.5 Å². The van der Waals surface area contributed by atoms with E-state index in [1.165, 1.54) is 6.34 Å². The van der Waals surface area contributed by atoms with Gasteiger partial charge >= 0.3 is 0 Å². The number of aliphatic imine (C=N–C) groups is 1. The number of nitriles is 1. The molecule has 5 heteroatoms. The molecule has 0 bridgehead atoms. The van der Waals surface area contributed by atoms with Crippen molar-refractivity contribution < 1.29 is 4.42 Å². The van der Waals surface area contributed by atoms with Crippen LogP contribution < -0.4 is 5.32 Å². The molecule has 84 valence electrons. The highest BCUT2D eigenvalue weighted by Gasteiger charge is 2.03. The van der Waals surface area contributed by atoms with Gasteiger partial charge in [0.2, 0.25) is 0 Å². The minimum atomic E-state index is 0.625. The van der Waals surface area contributed by atoms with Gasteiger partial charge in [-0.15, -0.1) is 0 Å². The summed E-state index contributed by atoms with van der Waals surface area (Å²) in [7, 11) is 0. The lowest BCUT2D eigenvalue weighted by molar-refractivity contribution is 0.534. The topological polar surface area (TPSA) is 74.2 Å². The van der Waals surface area contributed by atoms with Gasteiger partial charge in [0.25, 0.3) is 0 Å². The molecule has 0 saturated carbocycles. The predicted octanol–water partition coefficient (Wildman–Crippen LogP) is 2.38. The molecule has 17 heavy (non-hydrogen) atoms. The van der Waals surface area contributed by atoms with Gasteiger partial charge in [-0.2, -0.15) is 5.26 Å². The maximum atomic E-state index is 8.30. The quantitative estimate of drug-likeness (QED) is 0.377. The molecule has 0 aliphatic carbocycles. The summed E-state index contributed by atoms with van der Waals surface area (Å²) in [6.07, 6.45) is 4.77. The lowest BCUT2D eigenvalue weighted by Crippen LogP contribution is -1.98. The number of oxazole rings is 1. The smallest absolute Gasteiger partial charge is 0.191 e. The molecule has 0 aliphatic heterocycles. The van der Waals surface area contributed by atoms with Crippen LogP contribution in [0.5, 0.6) is 0 Å². The Bertz CT molecular complexity index is 580. The maximum Gasteiger partial charge on any atom is 0.191 e. The molecule has 0 saturated heterocycles. The third-order valence-corrected chi connectivity index (χ3v) is 2.09. The van der Waals surface area contributed by atoms with E-state index in [4.69, 9.17) is 9.68 Å². The molecule has 1 aromatic carbocycles. The fraction of sp³-hybridized carbons (Fsp3) is 0.0833. The first kappa shape index (κ1) is 10.9. The van der Waals surface area contributed by atoms with E-state index in [9.17, 15) is 0 Å². The zero-order chi connectivity index (χ0) is 12.1. The van der Waals surface area contributed by atoms with Crippen LogP contribution in [-0.4, -0.2) is 11.3 Å². The Morgan fingerprint density at radius 2 is 2.41 bits per heavy atom. The molecular weight excluding hydrogens is 216 g/mol. The number of nitrogens with zero attached hydrogens (tertiary/aromatic N) is 3. The highest BCUT2D eigenvalue weighted by Crippen LogP contribution is 2.24. The van der Waals surface area contributed by atoms with Crippen LogP contribution in [0.3, 0.4) is 0 Å². The molecule has 0 fully saturated rings. The molecule has 0 unspecified atom stereocenters. The van der Waals surface area contributed by atoms with Crippen molar-refractivity contribution in [3.8, 4) is 17.5 Å². The monoisotopic (exact) mass is 226 g/mol. The number of aromatic nitrogens is 1. The number of hydrogen-bond donors (Lipinski definition) is 1. The SMILES string of the molecule is Cc1ncc(-c2cccc(N=CNC#N)c2)o1. The van der Waals surface area contributed by atoms with E-state index < -0.39 is 0 Å². The minimum Gasteiger partial charge on any atom is -0.441 e. The Hall–Kier alpha value is -2.61. The van der Waals surface area contributed by atoms with Gasteiger partial charge in [-0.25, -0.2) is 9.98 Å². The van der Waals surface area contributed by atoms with Crippen LogP contribution in [0.15, 0.2) is 39.9 Å². The highest BCUT2D eigenvalue weighted by molar-refractivity contribution is 5.67. The summed E-state index contributed by atoms with van der Waals surface area (Å²) in [5, 5.41) is 10.6. The van der Waals surface area contributed by atoms with E-state index >= 15 is 0 Å². The van der Waals surface area contributed by atoms with E-state index in [0.717, 1.165) is 11.3 Å². The molecule has 0 spiro atoms. The van der Waals surface area contributed by atoms with Gasteiger partial charge in [0.15, 0.2) is 17.8 Å². The van der Waals surface area contributed by atoms with Gasteiger partial charge in [-0.1, -0.05) is 12.1 Å². The van der Waals surface area contributed by atoms with Crippen LogP contribution in [0.25, 0.3) is 11.3 Å². The van der Waals surface area contributed by atoms with Crippen molar-refractivity contribution in [2.24, 2.45) is 4.99 Å². The molecular formula is C12H10N4O. The zero-order valence-electron chi connectivity index (χ0n) is 9.21. The second-order valence-corrected chi connectivity index (χ2v) is 3.31. The number of nitrogens with one attached hydrogen (secondary N) is 1. The largest absolute Gasteiger partial charge is 0.441 e. The van der Waals surface area contributed by atoms with E-state index in [1.54, 1.807) is 19.3 Å². The van der Waals surface area contributed by atoms with E-state index in [1.807, 2.05) is 24.3 Å². The first-order valence-electron chi connectivity index (χ1n) is 4.99. The second kappa shape index (κ2) is 4.94. The average molecular weight is 226 g/mol. The van der Waals surface area contributed by atoms with E-state index in [2.05, 4.69) is 15.3 Å². The molecule has 2 aromatic rings. The third-order valence-electron chi connectivity index (χ3n) is 2.09. The molecule has 1 heterocycles. The Kier molecular flexibility index (Phi) is 3.17. The van der Waals surface area contributed by atoms with Crippen LogP contribution in [0, 0.1) is 18.4 Å². The van der Waals surface area contributed by atoms with Gasteiger partial charge in [0.05, 0.1) is 11.9 Å². The fourth-order valence-corrected chi connectivity index (χ4v) is 1.37. The van der Waals surface area contributed by atoms with Crippen molar-refractivity contribution in [1.82, 2.24) is 10.3 Å². The summed E-state index contributed by atoms with van der Waals surface area (Å²) < 4.78 is 5.42. The normalized spacial score (nSPS) is 10.4. The highest BCUT2D eigenvalue weighted by atomic mass is 16.4. The molecule has 5 nitrogen and oxygen atoms in total. The predicted molar refractivity (Wildman–Crippen MR) is 63.6 cm³/mol.